The highest BCUT2D eigenvalue weighted by atomic mass is 19.1. The molecule has 4 rings (SSSR count). The number of hydrogen-bond donors (Lipinski definition) is 3. The van der Waals surface area contributed by atoms with Crippen molar-refractivity contribution in [2.75, 3.05) is 0 Å². The Bertz CT molecular complexity index is 1480. The topological polar surface area (TPSA) is 104 Å². The molecule has 2 aromatic carbocycles. The van der Waals surface area contributed by atoms with Crippen LogP contribution >= 0.6 is 0 Å². The van der Waals surface area contributed by atoms with Crippen LogP contribution in [0.25, 0.3) is 12.2 Å². The van der Waals surface area contributed by atoms with Gasteiger partial charge in [-0.1, -0.05) is 26.0 Å². The van der Waals surface area contributed by atoms with E-state index in [1.54, 1.807) is 42.7 Å². The summed E-state index contributed by atoms with van der Waals surface area (Å²) < 4.78 is 18.8. The number of hydrogen-bond acceptors (Lipinski definition) is 4. The van der Waals surface area contributed by atoms with Gasteiger partial charge in [-0.2, -0.15) is 0 Å². The molecule has 32 heavy (non-hydrogen) atoms. The molecule has 0 aliphatic carbocycles. The van der Waals surface area contributed by atoms with E-state index in [9.17, 15) is 14.0 Å². The summed E-state index contributed by atoms with van der Waals surface area (Å²) in [6.07, 6.45) is 4.65. The second-order valence-electron chi connectivity index (χ2n) is 7.51. The summed E-state index contributed by atoms with van der Waals surface area (Å²) >= 11 is 0. The van der Waals surface area contributed by atoms with E-state index in [0.717, 1.165) is 5.69 Å². The molecule has 7 nitrogen and oxygen atoms in total. The lowest BCUT2D eigenvalue weighted by atomic mass is 10.1. The van der Waals surface area contributed by atoms with Gasteiger partial charge in [0.15, 0.2) is 0 Å². The summed E-state index contributed by atoms with van der Waals surface area (Å²) in [5, 5.41) is 0.228. The maximum absolute atomic E-state index is 13.1. The minimum absolute atomic E-state index is 0.109. The highest BCUT2D eigenvalue weighted by Gasteiger charge is 2.07. The van der Waals surface area contributed by atoms with Crippen molar-refractivity contribution in [2.45, 2.75) is 19.8 Å². The first-order valence-corrected chi connectivity index (χ1v) is 10.0. The summed E-state index contributed by atoms with van der Waals surface area (Å²) in [5.41, 5.74) is 1.24. The minimum atomic E-state index is -0.442. The van der Waals surface area contributed by atoms with Crippen LogP contribution in [0.3, 0.4) is 0 Å². The Kier molecular flexibility index (Phi) is 5.85. The number of aromatic amines is 3. The van der Waals surface area contributed by atoms with Crippen LogP contribution in [0, 0.1) is 5.82 Å². The van der Waals surface area contributed by atoms with Gasteiger partial charge in [0.2, 0.25) is 0 Å². The van der Waals surface area contributed by atoms with Gasteiger partial charge in [-0.15, -0.1) is 0 Å². The van der Waals surface area contributed by atoms with Crippen molar-refractivity contribution in [2.24, 2.45) is 0 Å². The van der Waals surface area contributed by atoms with Crippen molar-refractivity contribution in [1.82, 2.24) is 19.9 Å². The van der Waals surface area contributed by atoms with Gasteiger partial charge in [-0.05, 0) is 60.0 Å². The molecule has 0 unspecified atom stereocenters. The van der Waals surface area contributed by atoms with Gasteiger partial charge < -0.3 is 19.7 Å². The lowest BCUT2D eigenvalue weighted by Crippen LogP contribution is -2.46. The van der Waals surface area contributed by atoms with E-state index in [0.29, 0.717) is 22.8 Å². The van der Waals surface area contributed by atoms with E-state index in [1.165, 1.54) is 24.3 Å². The number of nitrogens with one attached hydrogen (secondary N) is 3. The molecule has 0 fully saturated rings. The molecule has 0 atom stereocenters. The summed E-state index contributed by atoms with van der Waals surface area (Å²) in [4.78, 5) is 37.6. The number of imidazole rings is 1. The van der Waals surface area contributed by atoms with Crippen molar-refractivity contribution < 1.29 is 9.13 Å². The van der Waals surface area contributed by atoms with E-state index in [-0.39, 0.29) is 22.4 Å². The SMILES string of the molecule is CC(C)c1[nH]cnc1/C=c1\[nH]c(=O)/c(=C/c2cccc(Oc3ccc(F)cc3)c2)[nH]c1=O. The van der Waals surface area contributed by atoms with Crippen LogP contribution in [0.4, 0.5) is 4.39 Å². The summed E-state index contributed by atoms with van der Waals surface area (Å²) in [5.74, 6) is 0.824. The lowest BCUT2D eigenvalue weighted by molar-refractivity contribution is 0.480. The molecule has 2 heterocycles. The fraction of sp³-hybridized carbons (Fsp3) is 0.125. The molecule has 4 aromatic rings. The highest BCUT2D eigenvalue weighted by Crippen LogP contribution is 2.22. The molecule has 162 valence electrons. The molecule has 0 aliphatic rings. The number of H-pyrrole nitrogens is 3. The average molecular weight is 432 g/mol. The molecule has 0 amide bonds. The quantitative estimate of drug-likeness (QED) is 0.451. The summed E-state index contributed by atoms with van der Waals surface area (Å²) in [6.45, 7) is 4.01. The van der Waals surface area contributed by atoms with Crippen molar-refractivity contribution in [3.63, 3.8) is 0 Å². The maximum atomic E-state index is 13.1. The number of benzene rings is 2. The monoisotopic (exact) mass is 432 g/mol. The molecule has 0 saturated carbocycles. The van der Waals surface area contributed by atoms with E-state index >= 15 is 0 Å². The zero-order valence-electron chi connectivity index (χ0n) is 17.5. The van der Waals surface area contributed by atoms with Crippen LogP contribution in [0.15, 0.2) is 64.4 Å². The second kappa shape index (κ2) is 8.89. The molecular formula is C24H21FN4O3. The Balaban J connectivity index is 1.68. The van der Waals surface area contributed by atoms with Gasteiger partial charge in [-0.25, -0.2) is 9.37 Å². The van der Waals surface area contributed by atoms with E-state index in [4.69, 9.17) is 4.74 Å². The fourth-order valence-electron chi connectivity index (χ4n) is 3.20. The fourth-order valence-corrected chi connectivity index (χ4v) is 3.20. The first kappa shape index (κ1) is 21.0. The number of aromatic nitrogens is 4. The van der Waals surface area contributed by atoms with Crippen LogP contribution < -0.4 is 26.6 Å². The normalized spacial score (nSPS) is 12.5. The number of rotatable bonds is 5. The van der Waals surface area contributed by atoms with Crippen LogP contribution in [0.5, 0.6) is 11.5 Å². The molecule has 0 aliphatic heterocycles. The Morgan fingerprint density at radius 1 is 0.938 bits per heavy atom. The maximum Gasteiger partial charge on any atom is 0.272 e. The van der Waals surface area contributed by atoms with Gasteiger partial charge in [0.25, 0.3) is 11.1 Å². The third-order valence-corrected chi connectivity index (χ3v) is 4.76. The van der Waals surface area contributed by atoms with Crippen LogP contribution in [0.2, 0.25) is 0 Å². The van der Waals surface area contributed by atoms with Crippen LogP contribution in [0.1, 0.15) is 36.7 Å². The van der Waals surface area contributed by atoms with Gasteiger partial charge in [-0.3, -0.25) is 9.59 Å². The van der Waals surface area contributed by atoms with Gasteiger partial charge in [0.1, 0.15) is 28.0 Å². The molecule has 0 saturated heterocycles. The standard InChI is InChI=1S/C24H21FN4O3/c1-14(2)22-19(26-13-27-22)12-21-24(31)28-20(23(30)29-21)11-15-4-3-5-18(10-15)32-17-8-6-16(25)7-9-17/h3-14H,1-2H3,(H,26,27)(H,28,31)(H,29,30)/b20-11-,21-12-. The van der Waals surface area contributed by atoms with Crippen molar-refractivity contribution in [3.8, 4) is 11.5 Å². The van der Waals surface area contributed by atoms with E-state index < -0.39 is 11.1 Å². The Morgan fingerprint density at radius 3 is 2.31 bits per heavy atom. The van der Waals surface area contributed by atoms with Crippen LogP contribution in [-0.2, 0) is 0 Å². The molecule has 2 aromatic heterocycles. The first-order chi connectivity index (χ1) is 15.4. The molecule has 3 N–H and O–H groups in total. The Hall–Kier alpha value is -4.20. The summed E-state index contributed by atoms with van der Waals surface area (Å²) in [6, 6.07) is 12.6. The zero-order chi connectivity index (χ0) is 22.7. The molecule has 0 bridgehead atoms. The first-order valence-electron chi connectivity index (χ1n) is 10.0. The Morgan fingerprint density at radius 2 is 1.62 bits per heavy atom. The number of halogens is 1. The number of nitrogens with zero attached hydrogens (tertiary/aromatic N) is 1. The van der Waals surface area contributed by atoms with Crippen molar-refractivity contribution in [3.05, 3.63) is 109 Å². The predicted molar refractivity (Wildman–Crippen MR) is 120 cm³/mol. The van der Waals surface area contributed by atoms with Gasteiger partial charge in [0.05, 0.1) is 12.0 Å². The van der Waals surface area contributed by atoms with E-state index in [1.807, 2.05) is 13.8 Å². The van der Waals surface area contributed by atoms with Gasteiger partial charge >= 0.3 is 0 Å². The number of ether oxygens (including phenoxy) is 1. The largest absolute Gasteiger partial charge is 0.457 e. The molecule has 0 radical (unpaired) electrons. The zero-order valence-corrected chi connectivity index (χ0v) is 17.5. The highest BCUT2D eigenvalue weighted by molar-refractivity contribution is 5.51. The predicted octanol–water partition coefficient (Wildman–Crippen LogP) is 2.50. The molecule has 8 heteroatoms. The average Bonchev–Trinajstić information content (AvgIpc) is 3.22. The minimum Gasteiger partial charge on any atom is -0.457 e. The molecular weight excluding hydrogens is 411 g/mol. The Labute approximate surface area is 182 Å². The van der Waals surface area contributed by atoms with Crippen LogP contribution in [-0.4, -0.2) is 19.9 Å². The molecule has 0 spiro atoms. The second-order valence-corrected chi connectivity index (χ2v) is 7.51. The third kappa shape index (κ3) is 4.75. The third-order valence-electron chi connectivity index (χ3n) is 4.76. The lowest BCUT2D eigenvalue weighted by Gasteiger charge is -2.06. The van der Waals surface area contributed by atoms with Crippen molar-refractivity contribution >= 4 is 12.2 Å². The van der Waals surface area contributed by atoms with Crippen molar-refractivity contribution in [1.29, 1.82) is 0 Å². The smallest absolute Gasteiger partial charge is 0.272 e. The van der Waals surface area contributed by atoms with E-state index in [2.05, 4.69) is 19.9 Å². The summed E-state index contributed by atoms with van der Waals surface area (Å²) in [7, 11) is 0. The van der Waals surface area contributed by atoms with Gasteiger partial charge in [0, 0.05) is 5.69 Å².